The zero-order valence-corrected chi connectivity index (χ0v) is 15.6. The van der Waals surface area contributed by atoms with E-state index in [4.69, 9.17) is 27.9 Å². The van der Waals surface area contributed by atoms with Crippen molar-refractivity contribution in [1.82, 2.24) is 5.32 Å². The van der Waals surface area contributed by atoms with E-state index >= 15 is 0 Å². The minimum Gasteiger partial charge on any atom is -0.451 e. The van der Waals surface area contributed by atoms with Crippen LogP contribution in [0.4, 0.5) is 10.1 Å². The van der Waals surface area contributed by atoms with Crippen LogP contribution in [0.2, 0.25) is 10.0 Å². The summed E-state index contributed by atoms with van der Waals surface area (Å²) in [7, 11) is 0. The summed E-state index contributed by atoms with van der Waals surface area (Å²) in [4.78, 5) is 35.7. The number of carbonyl (C=O) groups is 3. The number of ether oxygens (including phenoxy) is 1. The van der Waals surface area contributed by atoms with Crippen LogP contribution in [0.1, 0.15) is 17.3 Å². The standard InChI is InChI=1S/C18H15Cl2FN2O4/c1-10(17(25)23-15-7-12(19)6-13(20)8-15)27-16(24)9-22-18(26)11-3-2-4-14(21)5-11/h2-8,10H,9H2,1H3,(H,22,26)(H,23,25)/t10-/m1/s1. The molecule has 0 aromatic heterocycles. The molecule has 0 saturated heterocycles. The Balaban J connectivity index is 1.83. The van der Waals surface area contributed by atoms with Gasteiger partial charge < -0.3 is 15.4 Å². The first-order valence-corrected chi connectivity index (χ1v) is 8.50. The van der Waals surface area contributed by atoms with E-state index in [2.05, 4.69) is 10.6 Å². The summed E-state index contributed by atoms with van der Waals surface area (Å²) in [6, 6.07) is 9.47. The van der Waals surface area contributed by atoms with Crippen molar-refractivity contribution >= 4 is 46.7 Å². The second-order valence-electron chi connectivity index (χ2n) is 5.47. The Bertz CT molecular complexity index is 856. The molecule has 0 heterocycles. The van der Waals surface area contributed by atoms with E-state index in [-0.39, 0.29) is 5.56 Å². The molecule has 2 rings (SSSR count). The van der Waals surface area contributed by atoms with Crippen LogP contribution in [-0.4, -0.2) is 30.4 Å². The minimum absolute atomic E-state index is 0.0615. The van der Waals surface area contributed by atoms with Crippen molar-refractivity contribution < 1.29 is 23.5 Å². The average molecular weight is 413 g/mol. The molecule has 0 aliphatic heterocycles. The van der Waals surface area contributed by atoms with Crippen molar-refractivity contribution in [2.45, 2.75) is 13.0 Å². The fraction of sp³-hybridized carbons (Fsp3) is 0.167. The molecule has 0 unspecified atom stereocenters. The van der Waals surface area contributed by atoms with Crippen LogP contribution in [-0.2, 0) is 14.3 Å². The molecule has 2 N–H and O–H groups in total. The highest BCUT2D eigenvalue weighted by molar-refractivity contribution is 6.35. The van der Waals surface area contributed by atoms with Crippen LogP contribution in [0, 0.1) is 5.82 Å². The zero-order valence-electron chi connectivity index (χ0n) is 14.1. The first kappa shape index (κ1) is 20.7. The largest absolute Gasteiger partial charge is 0.451 e. The smallest absolute Gasteiger partial charge is 0.326 e. The van der Waals surface area contributed by atoms with E-state index in [1.54, 1.807) is 0 Å². The third-order valence-electron chi connectivity index (χ3n) is 3.29. The summed E-state index contributed by atoms with van der Waals surface area (Å²) in [5.41, 5.74) is 0.409. The van der Waals surface area contributed by atoms with Crippen LogP contribution in [0.3, 0.4) is 0 Å². The summed E-state index contributed by atoms with van der Waals surface area (Å²) >= 11 is 11.7. The van der Waals surface area contributed by atoms with E-state index in [9.17, 15) is 18.8 Å². The fourth-order valence-electron chi connectivity index (χ4n) is 2.05. The monoisotopic (exact) mass is 412 g/mol. The molecule has 2 aromatic carbocycles. The quantitative estimate of drug-likeness (QED) is 0.711. The van der Waals surface area contributed by atoms with Crippen LogP contribution in [0.5, 0.6) is 0 Å². The predicted molar refractivity (Wildman–Crippen MR) is 99.4 cm³/mol. The van der Waals surface area contributed by atoms with Gasteiger partial charge in [0.1, 0.15) is 12.4 Å². The Morgan fingerprint density at radius 3 is 2.41 bits per heavy atom. The number of amides is 2. The van der Waals surface area contributed by atoms with Gasteiger partial charge in [0.25, 0.3) is 11.8 Å². The summed E-state index contributed by atoms with van der Waals surface area (Å²) < 4.78 is 18.0. The highest BCUT2D eigenvalue weighted by Gasteiger charge is 2.19. The molecule has 2 amide bonds. The number of anilines is 1. The number of nitrogens with one attached hydrogen (secondary N) is 2. The Hall–Kier alpha value is -2.64. The fourth-order valence-corrected chi connectivity index (χ4v) is 2.57. The maximum atomic E-state index is 13.1. The van der Waals surface area contributed by atoms with E-state index in [1.807, 2.05) is 0 Å². The van der Waals surface area contributed by atoms with Gasteiger partial charge in [-0.25, -0.2) is 4.39 Å². The normalized spacial score (nSPS) is 11.4. The van der Waals surface area contributed by atoms with Gasteiger partial charge in [-0.15, -0.1) is 0 Å². The Labute approximate surface area is 164 Å². The van der Waals surface area contributed by atoms with Gasteiger partial charge >= 0.3 is 5.97 Å². The SMILES string of the molecule is C[C@@H](OC(=O)CNC(=O)c1cccc(F)c1)C(=O)Nc1cc(Cl)cc(Cl)c1. The van der Waals surface area contributed by atoms with E-state index in [0.717, 1.165) is 6.07 Å². The van der Waals surface area contributed by atoms with Gasteiger partial charge in [0, 0.05) is 21.3 Å². The number of benzene rings is 2. The summed E-state index contributed by atoms with van der Waals surface area (Å²) in [5, 5.41) is 5.47. The zero-order chi connectivity index (χ0) is 20.0. The first-order chi connectivity index (χ1) is 12.7. The van der Waals surface area contributed by atoms with Gasteiger partial charge in [0.05, 0.1) is 0 Å². The Morgan fingerprint density at radius 2 is 1.78 bits per heavy atom. The van der Waals surface area contributed by atoms with Crippen LogP contribution < -0.4 is 10.6 Å². The predicted octanol–water partition coefficient (Wildman–Crippen LogP) is 3.43. The minimum atomic E-state index is -1.12. The number of halogens is 3. The highest BCUT2D eigenvalue weighted by Crippen LogP contribution is 2.22. The third kappa shape index (κ3) is 6.54. The molecule has 2 aromatic rings. The Kier molecular flexibility index (Phi) is 7.15. The van der Waals surface area contributed by atoms with E-state index < -0.39 is 36.2 Å². The molecule has 9 heteroatoms. The van der Waals surface area contributed by atoms with Crippen molar-refractivity contribution in [3.05, 3.63) is 63.9 Å². The molecule has 0 fully saturated rings. The lowest BCUT2D eigenvalue weighted by Crippen LogP contribution is -2.35. The van der Waals surface area contributed by atoms with Gasteiger partial charge in [-0.05, 0) is 43.3 Å². The molecule has 0 radical (unpaired) electrons. The number of hydrogen-bond donors (Lipinski definition) is 2. The molecular weight excluding hydrogens is 398 g/mol. The molecule has 0 saturated carbocycles. The van der Waals surface area contributed by atoms with Crippen molar-refractivity contribution in [3.63, 3.8) is 0 Å². The van der Waals surface area contributed by atoms with Gasteiger partial charge in [-0.1, -0.05) is 29.3 Å². The lowest BCUT2D eigenvalue weighted by Gasteiger charge is -2.14. The molecular formula is C18H15Cl2FN2O4. The van der Waals surface area contributed by atoms with Crippen LogP contribution in [0.25, 0.3) is 0 Å². The molecule has 1 atom stereocenters. The summed E-state index contributed by atoms with van der Waals surface area (Å²) in [6.07, 6.45) is -1.12. The molecule has 27 heavy (non-hydrogen) atoms. The van der Waals surface area contributed by atoms with Crippen molar-refractivity contribution in [2.75, 3.05) is 11.9 Å². The maximum Gasteiger partial charge on any atom is 0.326 e. The lowest BCUT2D eigenvalue weighted by molar-refractivity contribution is -0.152. The molecule has 0 bridgehead atoms. The number of rotatable bonds is 6. The van der Waals surface area contributed by atoms with Crippen molar-refractivity contribution in [3.8, 4) is 0 Å². The van der Waals surface area contributed by atoms with Crippen LogP contribution in [0.15, 0.2) is 42.5 Å². The Morgan fingerprint density at radius 1 is 1.11 bits per heavy atom. The molecule has 0 aliphatic rings. The topological polar surface area (TPSA) is 84.5 Å². The number of esters is 1. The van der Waals surface area contributed by atoms with Gasteiger partial charge in [-0.3, -0.25) is 14.4 Å². The van der Waals surface area contributed by atoms with Gasteiger partial charge in [0.2, 0.25) is 0 Å². The molecule has 0 aliphatic carbocycles. The number of carbonyl (C=O) groups excluding carboxylic acids is 3. The number of hydrogen-bond acceptors (Lipinski definition) is 4. The summed E-state index contributed by atoms with van der Waals surface area (Å²) in [5.74, 6) is -2.64. The molecule has 0 spiro atoms. The first-order valence-electron chi connectivity index (χ1n) is 7.75. The second-order valence-corrected chi connectivity index (χ2v) is 6.35. The molecule has 6 nitrogen and oxygen atoms in total. The van der Waals surface area contributed by atoms with Crippen LogP contribution >= 0.6 is 23.2 Å². The van der Waals surface area contributed by atoms with Gasteiger partial charge in [-0.2, -0.15) is 0 Å². The molecule has 142 valence electrons. The lowest BCUT2D eigenvalue weighted by atomic mass is 10.2. The van der Waals surface area contributed by atoms with Gasteiger partial charge in [0.15, 0.2) is 6.10 Å². The van der Waals surface area contributed by atoms with E-state index in [1.165, 1.54) is 43.3 Å². The average Bonchev–Trinajstić information content (AvgIpc) is 2.58. The summed E-state index contributed by atoms with van der Waals surface area (Å²) in [6.45, 7) is 0.893. The van der Waals surface area contributed by atoms with Crippen molar-refractivity contribution in [1.29, 1.82) is 0 Å². The van der Waals surface area contributed by atoms with E-state index in [0.29, 0.717) is 15.7 Å². The second kappa shape index (κ2) is 9.34. The van der Waals surface area contributed by atoms with Crippen molar-refractivity contribution in [2.24, 2.45) is 0 Å². The highest BCUT2D eigenvalue weighted by atomic mass is 35.5. The maximum absolute atomic E-state index is 13.1. The third-order valence-corrected chi connectivity index (χ3v) is 3.72.